The lowest BCUT2D eigenvalue weighted by molar-refractivity contribution is 0.611. The van der Waals surface area contributed by atoms with E-state index in [9.17, 15) is 0 Å². The zero-order valence-electron chi connectivity index (χ0n) is 16.1. The Balaban J connectivity index is 1.31. The molecule has 0 radical (unpaired) electrons. The van der Waals surface area contributed by atoms with E-state index in [4.69, 9.17) is 5.73 Å². The zero-order valence-corrected chi connectivity index (χ0v) is 16.1. The fourth-order valence-electron chi connectivity index (χ4n) is 3.79. The van der Waals surface area contributed by atoms with Crippen molar-refractivity contribution in [2.75, 3.05) is 5.32 Å². The van der Waals surface area contributed by atoms with Crippen LogP contribution in [-0.4, -0.2) is 15.5 Å². The molecular formula is C23H27N5. The molecule has 28 heavy (non-hydrogen) atoms. The van der Waals surface area contributed by atoms with E-state index in [1.54, 1.807) is 0 Å². The summed E-state index contributed by atoms with van der Waals surface area (Å²) in [6, 6.07) is 17.0. The fourth-order valence-corrected chi connectivity index (χ4v) is 3.79. The number of anilines is 1. The molecule has 0 saturated heterocycles. The Morgan fingerprint density at radius 2 is 1.96 bits per heavy atom. The summed E-state index contributed by atoms with van der Waals surface area (Å²) in [6.07, 6.45) is 9.56. The molecule has 3 aromatic rings. The summed E-state index contributed by atoms with van der Waals surface area (Å²) < 4.78 is 2.16. The molecular weight excluding hydrogens is 346 g/mol. The first-order valence-electron chi connectivity index (χ1n) is 10.0. The maximum atomic E-state index is 6.10. The summed E-state index contributed by atoms with van der Waals surface area (Å²) >= 11 is 0. The van der Waals surface area contributed by atoms with Gasteiger partial charge in [-0.3, -0.25) is 0 Å². The van der Waals surface area contributed by atoms with Gasteiger partial charge in [-0.1, -0.05) is 36.4 Å². The zero-order chi connectivity index (χ0) is 19.2. The summed E-state index contributed by atoms with van der Waals surface area (Å²) in [5.41, 5.74) is 11.3. The van der Waals surface area contributed by atoms with Crippen LogP contribution in [0.15, 0.2) is 65.9 Å². The summed E-state index contributed by atoms with van der Waals surface area (Å²) in [5, 5.41) is 3.21. The molecule has 144 valence electrons. The third-order valence-corrected chi connectivity index (χ3v) is 5.27. The highest BCUT2D eigenvalue weighted by atomic mass is 15.1. The van der Waals surface area contributed by atoms with Gasteiger partial charge >= 0.3 is 0 Å². The molecule has 2 aromatic carbocycles. The predicted octanol–water partition coefficient (Wildman–Crippen LogP) is 3.93. The lowest BCUT2D eigenvalue weighted by Crippen LogP contribution is -2.23. The van der Waals surface area contributed by atoms with Crippen molar-refractivity contribution in [3.05, 3.63) is 83.4 Å². The highest BCUT2D eigenvalue weighted by Crippen LogP contribution is 2.24. The Bertz CT molecular complexity index is 943. The number of fused-ring (bicyclic) bond motifs is 1. The monoisotopic (exact) mass is 373 g/mol. The second kappa shape index (κ2) is 8.74. The number of nitrogens with zero attached hydrogens (tertiary/aromatic N) is 3. The van der Waals surface area contributed by atoms with E-state index in [2.05, 4.69) is 68.4 Å². The van der Waals surface area contributed by atoms with Gasteiger partial charge in [-0.25, -0.2) is 9.98 Å². The third-order valence-electron chi connectivity index (χ3n) is 5.27. The molecule has 5 heteroatoms. The predicted molar refractivity (Wildman–Crippen MR) is 114 cm³/mol. The molecule has 0 amide bonds. The first-order valence-corrected chi connectivity index (χ1v) is 10.0. The van der Waals surface area contributed by atoms with Gasteiger partial charge in [0, 0.05) is 24.6 Å². The number of nitrogens with two attached hydrogens (primary N) is 1. The highest BCUT2D eigenvalue weighted by molar-refractivity contribution is 5.92. The van der Waals surface area contributed by atoms with Gasteiger partial charge in [0.25, 0.3) is 0 Å². The van der Waals surface area contributed by atoms with E-state index in [0.717, 1.165) is 37.3 Å². The first-order chi connectivity index (χ1) is 13.8. The molecule has 1 heterocycles. The first kappa shape index (κ1) is 18.3. The van der Waals surface area contributed by atoms with Crippen LogP contribution in [0.4, 0.5) is 5.69 Å². The van der Waals surface area contributed by atoms with Gasteiger partial charge in [-0.2, -0.15) is 0 Å². The van der Waals surface area contributed by atoms with Gasteiger partial charge in [0.2, 0.25) is 0 Å². The van der Waals surface area contributed by atoms with Crippen molar-refractivity contribution in [2.45, 2.75) is 45.2 Å². The summed E-state index contributed by atoms with van der Waals surface area (Å²) in [4.78, 5) is 8.92. The topological polar surface area (TPSA) is 68.2 Å². The van der Waals surface area contributed by atoms with Crippen LogP contribution >= 0.6 is 0 Å². The molecule has 1 aliphatic carbocycles. The van der Waals surface area contributed by atoms with Crippen molar-refractivity contribution in [1.82, 2.24) is 9.55 Å². The van der Waals surface area contributed by atoms with Gasteiger partial charge in [0.05, 0.1) is 0 Å². The van der Waals surface area contributed by atoms with Crippen LogP contribution in [-0.2, 0) is 32.4 Å². The highest BCUT2D eigenvalue weighted by Gasteiger charge is 2.11. The Morgan fingerprint density at radius 1 is 1.11 bits per heavy atom. The fraction of sp³-hybridized carbons (Fsp3) is 0.304. The number of benzene rings is 2. The number of rotatable bonds is 7. The van der Waals surface area contributed by atoms with E-state index in [-0.39, 0.29) is 0 Å². The average molecular weight is 374 g/mol. The quantitative estimate of drug-likeness (QED) is 0.487. The van der Waals surface area contributed by atoms with Crippen molar-refractivity contribution in [2.24, 2.45) is 10.7 Å². The number of aromatic nitrogens is 2. The molecule has 1 aromatic heterocycles. The third kappa shape index (κ3) is 4.60. The molecule has 1 aliphatic rings. The number of nitrogens with one attached hydrogen (secondary N) is 1. The van der Waals surface area contributed by atoms with Crippen molar-refractivity contribution >= 4 is 11.6 Å². The molecule has 4 rings (SSSR count). The van der Waals surface area contributed by atoms with E-state index >= 15 is 0 Å². The lowest BCUT2D eigenvalue weighted by atomic mass is 10.1. The number of hydrogen-bond donors (Lipinski definition) is 2. The van der Waals surface area contributed by atoms with Crippen LogP contribution in [0.3, 0.4) is 0 Å². The maximum absolute atomic E-state index is 6.10. The molecule has 0 bridgehead atoms. The minimum Gasteiger partial charge on any atom is -0.370 e. The molecule has 0 spiro atoms. The SMILES string of the molecule is NC(=NCc1nccn1CCCc1ccccc1)Nc1ccc2c(c1)CCC2. The Hall–Kier alpha value is -3.08. The molecule has 3 N–H and O–H groups in total. The van der Waals surface area contributed by atoms with E-state index < -0.39 is 0 Å². The largest absolute Gasteiger partial charge is 0.370 e. The van der Waals surface area contributed by atoms with Crippen molar-refractivity contribution in [3.63, 3.8) is 0 Å². The van der Waals surface area contributed by atoms with Crippen LogP contribution in [0, 0.1) is 0 Å². The minimum atomic E-state index is 0.428. The number of guanidine groups is 1. The minimum absolute atomic E-state index is 0.428. The molecule has 5 nitrogen and oxygen atoms in total. The van der Waals surface area contributed by atoms with Gasteiger partial charge in [-0.15, -0.1) is 0 Å². The summed E-state index contributed by atoms with van der Waals surface area (Å²) in [5.74, 6) is 1.36. The molecule has 0 aliphatic heterocycles. The maximum Gasteiger partial charge on any atom is 0.193 e. The van der Waals surface area contributed by atoms with Crippen molar-refractivity contribution in [3.8, 4) is 0 Å². The smallest absolute Gasteiger partial charge is 0.193 e. The van der Waals surface area contributed by atoms with Gasteiger partial charge in [0.15, 0.2) is 5.96 Å². The van der Waals surface area contributed by atoms with Crippen LogP contribution in [0.5, 0.6) is 0 Å². The molecule has 0 atom stereocenters. The van der Waals surface area contributed by atoms with E-state index in [1.807, 2.05) is 12.4 Å². The Labute approximate surface area is 166 Å². The van der Waals surface area contributed by atoms with Gasteiger partial charge in [0.1, 0.15) is 12.4 Å². The Morgan fingerprint density at radius 3 is 2.86 bits per heavy atom. The molecule has 0 unspecified atom stereocenters. The number of hydrogen-bond acceptors (Lipinski definition) is 2. The van der Waals surface area contributed by atoms with Crippen molar-refractivity contribution in [1.29, 1.82) is 0 Å². The van der Waals surface area contributed by atoms with E-state index in [1.165, 1.54) is 29.5 Å². The molecule has 0 fully saturated rings. The van der Waals surface area contributed by atoms with Gasteiger partial charge < -0.3 is 15.6 Å². The van der Waals surface area contributed by atoms with Crippen LogP contribution < -0.4 is 11.1 Å². The summed E-state index contributed by atoms with van der Waals surface area (Å²) in [7, 11) is 0. The standard InChI is InChI=1S/C23H27N5/c24-23(27-21-12-11-19-9-4-10-20(19)16-21)26-17-22-25-13-15-28(22)14-5-8-18-6-2-1-3-7-18/h1-3,6-7,11-13,15-16H,4-5,8-10,14,17H2,(H3,24,26,27). The molecule has 0 saturated carbocycles. The van der Waals surface area contributed by atoms with Crippen LogP contribution in [0.1, 0.15) is 35.4 Å². The number of imidazole rings is 1. The number of aryl methyl sites for hydroxylation is 4. The Kier molecular flexibility index (Phi) is 5.71. The number of aliphatic imine (C=N–C) groups is 1. The second-order valence-corrected chi connectivity index (χ2v) is 7.29. The van der Waals surface area contributed by atoms with Crippen LogP contribution in [0.2, 0.25) is 0 Å². The van der Waals surface area contributed by atoms with Crippen LogP contribution in [0.25, 0.3) is 0 Å². The van der Waals surface area contributed by atoms with Crippen molar-refractivity contribution < 1.29 is 0 Å². The normalized spacial score (nSPS) is 13.5. The summed E-state index contributed by atoms with van der Waals surface area (Å²) in [6.45, 7) is 1.40. The lowest BCUT2D eigenvalue weighted by Gasteiger charge is -2.09. The average Bonchev–Trinajstić information content (AvgIpc) is 3.36. The van der Waals surface area contributed by atoms with E-state index in [0.29, 0.717) is 12.5 Å². The van der Waals surface area contributed by atoms with Gasteiger partial charge in [-0.05, 0) is 60.9 Å². The second-order valence-electron chi connectivity index (χ2n) is 7.29.